The third-order valence-electron chi connectivity index (χ3n) is 4.47. The summed E-state index contributed by atoms with van der Waals surface area (Å²) in [6.45, 7) is 0. The summed E-state index contributed by atoms with van der Waals surface area (Å²) in [7, 11) is 3.31. The predicted octanol–water partition coefficient (Wildman–Crippen LogP) is 4.82. The average molecular weight is 484 g/mol. The van der Waals surface area contributed by atoms with Crippen LogP contribution in [-0.4, -0.2) is 19.8 Å². The molecule has 3 aromatic heterocycles. The standard InChI is InChI=1S/C17H17IN4OS2/c1-21-9-13(12-7-8-22(25-18)16(12)17(21)23)15-11(10-3-4-10)5-6-14(19-15)20-24-2/h5-10H,3-4H2,1-2H3,(H,19,20). The van der Waals surface area contributed by atoms with Crippen molar-refractivity contribution in [2.75, 3.05) is 11.0 Å². The predicted molar refractivity (Wildman–Crippen MR) is 117 cm³/mol. The number of nitrogens with zero attached hydrogens (tertiary/aromatic N) is 3. The largest absolute Gasteiger partial charge is 0.316 e. The Hall–Kier alpha value is -1.13. The van der Waals surface area contributed by atoms with Crippen LogP contribution in [0.4, 0.5) is 5.82 Å². The molecule has 8 heteroatoms. The van der Waals surface area contributed by atoms with Gasteiger partial charge in [-0.1, -0.05) is 18.0 Å². The number of aryl methyl sites for hydroxylation is 1. The van der Waals surface area contributed by atoms with Gasteiger partial charge in [0.2, 0.25) is 0 Å². The molecule has 130 valence electrons. The van der Waals surface area contributed by atoms with Crippen molar-refractivity contribution < 1.29 is 0 Å². The van der Waals surface area contributed by atoms with E-state index in [0.717, 1.165) is 22.5 Å². The summed E-state index contributed by atoms with van der Waals surface area (Å²) in [6, 6.07) is 6.24. The van der Waals surface area contributed by atoms with Gasteiger partial charge in [0, 0.05) is 67.0 Å². The summed E-state index contributed by atoms with van der Waals surface area (Å²) in [5.74, 6) is 1.43. The van der Waals surface area contributed by atoms with Gasteiger partial charge in [-0.05, 0) is 36.5 Å². The molecule has 1 aliphatic rings. The van der Waals surface area contributed by atoms with Gasteiger partial charge in [0.15, 0.2) is 0 Å². The number of hydrogen-bond donors (Lipinski definition) is 1. The smallest absolute Gasteiger partial charge is 0.275 e. The topological polar surface area (TPSA) is 51.9 Å². The Morgan fingerprint density at radius 2 is 2.12 bits per heavy atom. The summed E-state index contributed by atoms with van der Waals surface area (Å²) in [5.41, 5.74) is 4.01. The number of pyridine rings is 2. The first-order valence-electron chi connectivity index (χ1n) is 7.94. The van der Waals surface area contributed by atoms with Crippen molar-refractivity contribution in [3.63, 3.8) is 0 Å². The molecule has 25 heavy (non-hydrogen) atoms. The van der Waals surface area contributed by atoms with Gasteiger partial charge in [-0.15, -0.1) is 0 Å². The molecule has 1 saturated carbocycles. The first-order chi connectivity index (χ1) is 12.1. The molecule has 3 heterocycles. The van der Waals surface area contributed by atoms with Crippen LogP contribution in [0, 0.1) is 0 Å². The Kier molecular flexibility index (Phi) is 4.76. The van der Waals surface area contributed by atoms with Crippen LogP contribution in [0.3, 0.4) is 0 Å². The van der Waals surface area contributed by atoms with Crippen LogP contribution in [0.2, 0.25) is 0 Å². The minimum Gasteiger partial charge on any atom is -0.316 e. The first kappa shape index (κ1) is 17.3. The molecule has 4 rings (SSSR count). The van der Waals surface area contributed by atoms with Crippen molar-refractivity contribution in [1.82, 2.24) is 13.5 Å². The summed E-state index contributed by atoms with van der Waals surface area (Å²) in [5, 5.41) is 0.961. The zero-order valence-corrected chi connectivity index (χ0v) is 17.6. The van der Waals surface area contributed by atoms with Gasteiger partial charge < -0.3 is 9.29 Å². The average Bonchev–Trinajstić information content (AvgIpc) is 3.36. The number of anilines is 1. The lowest BCUT2D eigenvalue weighted by atomic mass is 10.0. The molecule has 0 spiro atoms. The van der Waals surface area contributed by atoms with Crippen LogP contribution < -0.4 is 10.3 Å². The summed E-state index contributed by atoms with van der Waals surface area (Å²) in [4.78, 5) is 17.5. The Labute approximate surface area is 166 Å². The van der Waals surface area contributed by atoms with Crippen molar-refractivity contribution in [3.05, 3.63) is 46.5 Å². The molecule has 0 saturated heterocycles. The number of nitrogens with one attached hydrogen (secondary N) is 1. The third kappa shape index (κ3) is 3.08. The number of halogens is 1. The van der Waals surface area contributed by atoms with Crippen molar-refractivity contribution in [3.8, 4) is 11.3 Å². The Morgan fingerprint density at radius 1 is 1.32 bits per heavy atom. The Balaban J connectivity index is 2.01. The normalized spacial score (nSPS) is 14.2. The maximum atomic E-state index is 12.6. The minimum atomic E-state index is 0.0132. The highest BCUT2D eigenvalue weighted by atomic mass is 127. The summed E-state index contributed by atoms with van der Waals surface area (Å²) < 4.78 is 6.80. The summed E-state index contributed by atoms with van der Waals surface area (Å²) in [6.07, 6.45) is 8.28. The lowest BCUT2D eigenvalue weighted by molar-refractivity contribution is 0.869. The van der Waals surface area contributed by atoms with Crippen LogP contribution in [0.1, 0.15) is 24.3 Å². The number of rotatable bonds is 5. The van der Waals surface area contributed by atoms with Gasteiger partial charge in [-0.25, -0.2) is 4.98 Å². The summed E-state index contributed by atoms with van der Waals surface area (Å²) >= 11 is 3.73. The van der Waals surface area contributed by atoms with E-state index in [4.69, 9.17) is 4.98 Å². The van der Waals surface area contributed by atoms with Gasteiger partial charge in [-0.3, -0.25) is 8.77 Å². The van der Waals surface area contributed by atoms with E-state index >= 15 is 0 Å². The van der Waals surface area contributed by atoms with Gasteiger partial charge in [0.05, 0.1) is 5.69 Å². The van der Waals surface area contributed by atoms with E-state index < -0.39 is 0 Å². The van der Waals surface area contributed by atoms with E-state index in [1.165, 1.54) is 39.5 Å². The molecule has 0 atom stereocenters. The molecule has 0 radical (unpaired) electrons. The first-order valence-corrected chi connectivity index (χ1v) is 12.5. The van der Waals surface area contributed by atoms with Crippen molar-refractivity contribution in [1.29, 1.82) is 0 Å². The van der Waals surface area contributed by atoms with Crippen LogP contribution in [0.25, 0.3) is 22.2 Å². The number of aromatic nitrogens is 3. The molecule has 1 N–H and O–H groups in total. The highest BCUT2D eigenvalue weighted by molar-refractivity contribution is 14.2. The molecule has 0 amide bonds. The number of hydrogen-bond acceptors (Lipinski definition) is 5. The van der Waals surface area contributed by atoms with E-state index in [1.54, 1.807) is 11.6 Å². The minimum absolute atomic E-state index is 0.0132. The maximum absolute atomic E-state index is 12.6. The molecule has 0 aromatic carbocycles. The fourth-order valence-corrected chi connectivity index (χ4v) is 4.81. The second-order valence-corrected chi connectivity index (χ2v) is 8.47. The molecule has 0 bridgehead atoms. The quantitative estimate of drug-likeness (QED) is 0.416. The van der Waals surface area contributed by atoms with Gasteiger partial charge >= 0.3 is 0 Å². The van der Waals surface area contributed by atoms with E-state index in [-0.39, 0.29) is 5.56 Å². The van der Waals surface area contributed by atoms with Crippen LogP contribution in [0.5, 0.6) is 0 Å². The van der Waals surface area contributed by atoms with Gasteiger partial charge in [-0.2, -0.15) is 0 Å². The SMILES string of the molecule is CSNc1ccc(C2CC2)c(-c2cn(C)c(=O)c3c2ccn3SI)n1. The maximum Gasteiger partial charge on any atom is 0.275 e. The van der Waals surface area contributed by atoms with Crippen LogP contribution >= 0.6 is 42.3 Å². The molecular weight excluding hydrogens is 467 g/mol. The molecule has 1 fully saturated rings. The molecule has 1 aliphatic carbocycles. The van der Waals surface area contributed by atoms with Crippen molar-refractivity contribution >= 4 is 59.0 Å². The number of fused-ring (bicyclic) bond motifs is 1. The molecule has 0 unspecified atom stereocenters. The lowest BCUT2D eigenvalue weighted by Gasteiger charge is -2.13. The molecule has 5 nitrogen and oxygen atoms in total. The van der Waals surface area contributed by atoms with Crippen molar-refractivity contribution in [2.24, 2.45) is 7.05 Å². The van der Waals surface area contributed by atoms with Gasteiger partial charge in [0.1, 0.15) is 11.3 Å². The van der Waals surface area contributed by atoms with Gasteiger partial charge in [0.25, 0.3) is 5.56 Å². The zero-order valence-electron chi connectivity index (χ0n) is 13.8. The Bertz CT molecular complexity index is 1010. The van der Waals surface area contributed by atoms with E-state index in [1.807, 2.05) is 34.8 Å². The Morgan fingerprint density at radius 3 is 2.80 bits per heavy atom. The van der Waals surface area contributed by atoms with Crippen LogP contribution in [-0.2, 0) is 7.05 Å². The fourth-order valence-electron chi connectivity index (χ4n) is 3.15. The monoisotopic (exact) mass is 484 g/mol. The molecule has 3 aromatic rings. The lowest BCUT2D eigenvalue weighted by Crippen LogP contribution is -2.18. The molecular formula is C17H17IN4OS2. The van der Waals surface area contributed by atoms with Crippen LogP contribution in [0.15, 0.2) is 35.4 Å². The van der Waals surface area contributed by atoms with E-state index in [9.17, 15) is 4.79 Å². The van der Waals surface area contributed by atoms with Crippen molar-refractivity contribution in [2.45, 2.75) is 18.8 Å². The second kappa shape index (κ2) is 6.88. The van der Waals surface area contributed by atoms with E-state index in [0.29, 0.717) is 11.4 Å². The second-order valence-electron chi connectivity index (χ2n) is 6.15. The highest BCUT2D eigenvalue weighted by Gasteiger charge is 2.28. The molecule has 0 aliphatic heterocycles. The van der Waals surface area contributed by atoms with E-state index in [2.05, 4.69) is 32.0 Å². The highest BCUT2D eigenvalue weighted by Crippen LogP contribution is 2.45. The third-order valence-corrected chi connectivity index (χ3v) is 6.61. The fraction of sp³-hybridized carbons (Fsp3) is 0.294. The zero-order chi connectivity index (χ0) is 17.6.